The Kier molecular flexibility index (Phi) is 6.65. The first kappa shape index (κ1) is 22.5. The van der Waals surface area contributed by atoms with Crippen LogP contribution in [0.1, 0.15) is 55.5 Å². The third kappa shape index (κ3) is 6.10. The molecule has 0 aliphatic heterocycles. The molecule has 0 heterocycles. The maximum Gasteiger partial charge on any atom is 0.419 e. The van der Waals surface area contributed by atoms with Gasteiger partial charge in [0.25, 0.3) is 10.1 Å². The zero-order valence-corrected chi connectivity index (χ0v) is 16.4. The summed E-state index contributed by atoms with van der Waals surface area (Å²) in [5.74, 6) is -2.20. The van der Waals surface area contributed by atoms with Crippen molar-refractivity contribution in [1.29, 1.82) is 0 Å². The highest BCUT2D eigenvalue weighted by Gasteiger charge is 2.39. The van der Waals surface area contributed by atoms with Crippen molar-refractivity contribution in [2.24, 2.45) is 5.92 Å². The molecule has 6 nitrogen and oxygen atoms in total. The molecule has 0 spiro atoms. The zero-order valence-electron chi connectivity index (χ0n) is 15.6. The lowest BCUT2D eigenvalue weighted by Gasteiger charge is -2.33. The van der Waals surface area contributed by atoms with E-state index in [2.05, 4.69) is 0 Å². The molecular formula is C18H23F3O6S. The minimum absolute atomic E-state index is 0.0963. The van der Waals surface area contributed by atoms with E-state index in [0.29, 0.717) is 0 Å². The molecular weight excluding hydrogens is 401 g/mol. The van der Waals surface area contributed by atoms with E-state index in [1.54, 1.807) is 13.8 Å². The van der Waals surface area contributed by atoms with Gasteiger partial charge in [0, 0.05) is 0 Å². The quantitative estimate of drug-likeness (QED) is 0.524. The fourth-order valence-electron chi connectivity index (χ4n) is 3.28. The molecule has 1 N–H and O–H groups in total. The number of halogens is 3. The van der Waals surface area contributed by atoms with E-state index in [1.807, 2.05) is 0 Å². The molecule has 158 valence electrons. The number of carbonyl (C=O) groups is 1. The van der Waals surface area contributed by atoms with Gasteiger partial charge in [-0.3, -0.25) is 4.55 Å². The summed E-state index contributed by atoms with van der Waals surface area (Å²) in [7, 11) is -4.32. The minimum atomic E-state index is -4.67. The maximum absolute atomic E-state index is 13.4. The van der Waals surface area contributed by atoms with Gasteiger partial charge in [-0.2, -0.15) is 21.6 Å². The third-order valence-corrected chi connectivity index (χ3v) is 5.49. The number of rotatable bonds is 7. The number of ether oxygens (including phenoxy) is 2. The number of alkyl halides is 3. The van der Waals surface area contributed by atoms with Crippen LogP contribution in [0.5, 0.6) is 5.75 Å². The second-order valence-electron chi connectivity index (χ2n) is 7.32. The van der Waals surface area contributed by atoms with Crippen LogP contribution >= 0.6 is 0 Å². The first-order valence-corrected chi connectivity index (χ1v) is 10.4. The van der Waals surface area contributed by atoms with E-state index in [-0.39, 0.29) is 11.5 Å². The second kappa shape index (κ2) is 8.28. The van der Waals surface area contributed by atoms with Crippen molar-refractivity contribution in [3.63, 3.8) is 0 Å². The number of hydrogen-bond donors (Lipinski definition) is 1. The summed E-state index contributed by atoms with van der Waals surface area (Å²) < 4.78 is 80.5. The lowest BCUT2D eigenvalue weighted by atomic mass is 9.89. The highest BCUT2D eigenvalue weighted by atomic mass is 32.2. The Hall–Kier alpha value is -1.81. The first-order valence-electron chi connectivity index (χ1n) is 8.82. The summed E-state index contributed by atoms with van der Waals surface area (Å²) >= 11 is 0. The van der Waals surface area contributed by atoms with Gasteiger partial charge >= 0.3 is 12.1 Å². The van der Waals surface area contributed by atoms with Gasteiger partial charge in [0.2, 0.25) is 0 Å². The van der Waals surface area contributed by atoms with Crippen molar-refractivity contribution in [2.45, 2.75) is 51.3 Å². The van der Waals surface area contributed by atoms with Gasteiger partial charge in [-0.25, -0.2) is 4.79 Å². The zero-order chi connectivity index (χ0) is 21.2. The van der Waals surface area contributed by atoms with E-state index >= 15 is 0 Å². The molecule has 0 saturated heterocycles. The lowest BCUT2D eigenvalue weighted by Crippen LogP contribution is -2.36. The first-order chi connectivity index (χ1) is 12.8. The molecule has 0 unspecified atom stereocenters. The Bertz CT molecular complexity index is 811. The normalized spacial score (nSPS) is 16.2. The topological polar surface area (TPSA) is 89.9 Å². The molecule has 0 amide bonds. The maximum atomic E-state index is 13.4. The Balaban J connectivity index is 2.25. The van der Waals surface area contributed by atoms with Crippen LogP contribution in [-0.4, -0.2) is 36.9 Å². The number of esters is 1. The summed E-state index contributed by atoms with van der Waals surface area (Å²) in [6, 6.07) is 2.63. The molecule has 1 saturated carbocycles. The van der Waals surface area contributed by atoms with Crippen molar-refractivity contribution in [2.75, 3.05) is 12.4 Å². The lowest BCUT2D eigenvalue weighted by molar-refractivity contribution is -0.140. The molecule has 0 radical (unpaired) electrons. The third-order valence-electron chi connectivity index (χ3n) is 4.81. The van der Waals surface area contributed by atoms with Crippen LogP contribution in [-0.2, 0) is 21.0 Å². The van der Waals surface area contributed by atoms with Crippen molar-refractivity contribution in [3.8, 4) is 5.75 Å². The Morgan fingerprint density at radius 1 is 1.21 bits per heavy atom. The monoisotopic (exact) mass is 424 g/mol. The van der Waals surface area contributed by atoms with E-state index in [1.165, 1.54) is 0 Å². The molecule has 28 heavy (non-hydrogen) atoms. The average molecular weight is 424 g/mol. The SMILES string of the molecule is CC(C)(Oc1cc(C(=O)OCCS(=O)(=O)O)ccc1C(F)(F)F)C1CCCC1. The molecule has 1 aliphatic rings. The highest BCUT2D eigenvalue weighted by Crippen LogP contribution is 2.42. The van der Waals surface area contributed by atoms with Crippen LogP contribution in [0.15, 0.2) is 18.2 Å². The molecule has 0 aromatic heterocycles. The van der Waals surface area contributed by atoms with E-state index in [9.17, 15) is 26.4 Å². The predicted octanol–water partition coefficient (Wildman–Crippen LogP) is 4.10. The number of carbonyl (C=O) groups excluding carboxylic acids is 1. The fraction of sp³-hybridized carbons (Fsp3) is 0.611. The fourth-order valence-corrected chi connectivity index (χ4v) is 3.57. The second-order valence-corrected chi connectivity index (χ2v) is 8.89. The highest BCUT2D eigenvalue weighted by molar-refractivity contribution is 7.85. The molecule has 1 aromatic carbocycles. The Morgan fingerprint density at radius 2 is 1.82 bits per heavy atom. The van der Waals surface area contributed by atoms with E-state index in [0.717, 1.165) is 43.9 Å². The van der Waals surface area contributed by atoms with Gasteiger partial charge in [0.15, 0.2) is 0 Å². The van der Waals surface area contributed by atoms with Crippen LogP contribution in [0.4, 0.5) is 13.2 Å². The van der Waals surface area contributed by atoms with Gasteiger partial charge < -0.3 is 9.47 Å². The molecule has 1 aliphatic carbocycles. The predicted molar refractivity (Wildman–Crippen MR) is 94.8 cm³/mol. The molecule has 0 atom stereocenters. The van der Waals surface area contributed by atoms with E-state index < -0.39 is 51.5 Å². The number of benzene rings is 1. The molecule has 2 rings (SSSR count). The minimum Gasteiger partial charge on any atom is -0.487 e. The van der Waals surface area contributed by atoms with Crippen LogP contribution < -0.4 is 4.74 Å². The van der Waals surface area contributed by atoms with Crippen LogP contribution in [0.3, 0.4) is 0 Å². The van der Waals surface area contributed by atoms with Gasteiger partial charge in [-0.15, -0.1) is 0 Å². The summed E-state index contributed by atoms with van der Waals surface area (Å²) in [5.41, 5.74) is -2.07. The van der Waals surface area contributed by atoms with Crippen molar-refractivity contribution >= 4 is 16.1 Å². The summed E-state index contributed by atoms with van der Waals surface area (Å²) in [4.78, 5) is 12.0. The van der Waals surface area contributed by atoms with Crippen LogP contribution in [0, 0.1) is 5.92 Å². The average Bonchev–Trinajstić information content (AvgIpc) is 3.07. The van der Waals surface area contributed by atoms with E-state index in [4.69, 9.17) is 14.0 Å². The van der Waals surface area contributed by atoms with Crippen molar-refractivity contribution in [3.05, 3.63) is 29.3 Å². The van der Waals surface area contributed by atoms with Crippen molar-refractivity contribution < 1.29 is 40.4 Å². The largest absolute Gasteiger partial charge is 0.487 e. The van der Waals surface area contributed by atoms with Gasteiger partial charge in [0.1, 0.15) is 23.7 Å². The molecule has 0 bridgehead atoms. The molecule has 1 aromatic rings. The summed E-state index contributed by atoms with van der Waals surface area (Å²) in [6.07, 6.45) is -0.987. The molecule has 1 fully saturated rings. The van der Waals surface area contributed by atoms with Crippen molar-refractivity contribution in [1.82, 2.24) is 0 Å². The summed E-state index contributed by atoms with van der Waals surface area (Å²) in [6.45, 7) is 2.82. The Labute approximate surface area is 161 Å². The summed E-state index contributed by atoms with van der Waals surface area (Å²) in [5, 5.41) is 0. The molecule has 10 heteroatoms. The van der Waals surface area contributed by atoms with Gasteiger partial charge in [-0.05, 0) is 50.8 Å². The Morgan fingerprint density at radius 3 is 2.36 bits per heavy atom. The van der Waals surface area contributed by atoms with Gasteiger partial charge in [-0.1, -0.05) is 12.8 Å². The smallest absolute Gasteiger partial charge is 0.419 e. The van der Waals surface area contributed by atoms with Crippen LogP contribution in [0.25, 0.3) is 0 Å². The van der Waals surface area contributed by atoms with Gasteiger partial charge in [0.05, 0.1) is 11.1 Å². The van der Waals surface area contributed by atoms with Crippen LogP contribution in [0.2, 0.25) is 0 Å². The standard InChI is InChI=1S/C18H23F3O6S/c1-17(2,13-5-3-4-6-13)27-15-11-12(7-8-14(15)18(19,20)21)16(22)26-9-10-28(23,24)25/h7-8,11,13H,3-6,9-10H2,1-2H3,(H,23,24,25). The number of hydrogen-bond acceptors (Lipinski definition) is 5.